The lowest BCUT2D eigenvalue weighted by atomic mass is 10.0. The van der Waals surface area contributed by atoms with Crippen LogP contribution in [0.25, 0.3) is 10.9 Å². The van der Waals surface area contributed by atoms with Gasteiger partial charge in [0.2, 0.25) is 0 Å². The summed E-state index contributed by atoms with van der Waals surface area (Å²) >= 11 is 0. The number of halogens is 3. The van der Waals surface area contributed by atoms with Gasteiger partial charge in [-0.25, -0.2) is 0 Å². The number of aryl methyl sites for hydroxylation is 1. The van der Waals surface area contributed by atoms with Crippen molar-refractivity contribution in [3.05, 3.63) is 71.3 Å². The standard InChI is InChI=1S/C29H37F3N4O/c1-6-9-26(28(7-2)37-5)33-13-8-10-25-18-22-17-23(19-34-24-11-14-35(4)15-12-24)21(3)16-27(22)36(25)20-29(30,31)32/h6-7,9,16-18,24,33-34H,1,11-15,19-20H2,2-5H3/b26-9+,28-7+. The molecule has 37 heavy (non-hydrogen) atoms. The molecule has 2 heterocycles. The third-order valence-corrected chi connectivity index (χ3v) is 6.61. The number of ether oxygens (including phenoxy) is 1. The Labute approximate surface area is 218 Å². The predicted molar refractivity (Wildman–Crippen MR) is 144 cm³/mol. The molecule has 0 unspecified atom stereocenters. The summed E-state index contributed by atoms with van der Waals surface area (Å²) in [4.78, 5) is 2.32. The van der Waals surface area contributed by atoms with Crippen LogP contribution in [0.5, 0.6) is 0 Å². The fourth-order valence-electron chi connectivity index (χ4n) is 4.58. The van der Waals surface area contributed by atoms with Gasteiger partial charge in [-0.15, -0.1) is 0 Å². The van der Waals surface area contributed by atoms with E-state index in [1.54, 1.807) is 31.4 Å². The third kappa shape index (κ3) is 7.91. The van der Waals surface area contributed by atoms with Crippen LogP contribution in [0.4, 0.5) is 13.2 Å². The number of piperidine rings is 1. The summed E-state index contributed by atoms with van der Waals surface area (Å²) in [6.07, 6.45) is 3.01. The molecule has 1 aromatic heterocycles. The third-order valence-electron chi connectivity index (χ3n) is 6.61. The summed E-state index contributed by atoms with van der Waals surface area (Å²) in [6, 6.07) is 6.04. The Morgan fingerprint density at radius 2 is 1.97 bits per heavy atom. The summed E-state index contributed by atoms with van der Waals surface area (Å²) < 4.78 is 47.0. The number of hydrogen-bond acceptors (Lipinski definition) is 4. The van der Waals surface area contributed by atoms with Crippen LogP contribution in [0, 0.1) is 18.8 Å². The highest BCUT2D eigenvalue weighted by Crippen LogP contribution is 2.28. The largest absolute Gasteiger partial charge is 0.495 e. The minimum Gasteiger partial charge on any atom is -0.495 e. The molecular weight excluding hydrogens is 477 g/mol. The number of benzene rings is 1. The van der Waals surface area contributed by atoms with Crippen molar-refractivity contribution in [1.29, 1.82) is 0 Å². The van der Waals surface area contributed by atoms with E-state index in [9.17, 15) is 13.2 Å². The van der Waals surface area contributed by atoms with Crippen LogP contribution in [-0.2, 0) is 17.8 Å². The van der Waals surface area contributed by atoms with Gasteiger partial charge in [0.05, 0.1) is 25.0 Å². The lowest BCUT2D eigenvalue weighted by molar-refractivity contribution is -0.140. The van der Waals surface area contributed by atoms with Gasteiger partial charge in [0, 0.05) is 23.5 Å². The first-order valence-electron chi connectivity index (χ1n) is 12.5. The molecule has 0 spiro atoms. The van der Waals surface area contributed by atoms with Gasteiger partial charge in [-0.3, -0.25) is 0 Å². The zero-order valence-electron chi connectivity index (χ0n) is 22.1. The molecule has 5 nitrogen and oxygen atoms in total. The van der Waals surface area contributed by atoms with E-state index in [2.05, 4.69) is 41.0 Å². The van der Waals surface area contributed by atoms with E-state index in [0.29, 0.717) is 35.3 Å². The van der Waals surface area contributed by atoms with Crippen molar-refractivity contribution < 1.29 is 17.9 Å². The topological polar surface area (TPSA) is 41.5 Å². The number of alkyl halides is 3. The SMILES string of the molecule is C=C/C=C(NCC#Cc1cc2cc(CNC3CCN(C)CC3)c(C)cc2n1CC(F)(F)F)\C(=C/C)OC. The van der Waals surface area contributed by atoms with E-state index in [4.69, 9.17) is 4.74 Å². The van der Waals surface area contributed by atoms with Gasteiger partial charge in [0.15, 0.2) is 0 Å². The number of likely N-dealkylation sites (tertiary alicyclic amines) is 1. The molecule has 0 atom stereocenters. The smallest absolute Gasteiger partial charge is 0.406 e. The zero-order valence-corrected chi connectivity index (χ0v) is 22.1. The molecule has 1 fully saturated rings. The van der Waals surface area contributed by atoms with Gasteiger partial charge < -0.3 is 24.8 Å². The van der Waals surface area contributed by atoms with Gasteiger partial charge in [-0.1, -0.05) is 18.6 Å². The molecule has 200 valence electrons. The first-order valence-corrected chi connectivity index (χ1v) is 12.5. The van der Waals surface area contributed by atoms with Crippen molar-refractivity contribution >= 4 is 10.9 Å². The summed E-state index contributed by atoms with van der Waals surface area (Å²) in [5.41, 5.74) is 3.63. The molecule has 3 rings (SSSR count). The monoisotopic (exact) mass is 514 g/mol. The Morgan fingerprint density at radius 3 is 2.59 bits per heavy atom. The molecule has 2 aromatic rings. The number of allylic oxidation sites excluding steroid dienone is 3. The highest BCUT2D eigenvalue weighted by Gasteiger charge is 2.30. The molecule has 2 N–H and O–H groups in total. The Balaban J connectivity index is 1.84. The van der Waals surface area contributed by atoms with Gasteiger partial charge in [-0.2, -0.15) is 13.2 Å². The summed E-state index contributed by atoms with van der Waals surface area (Å²) in [7, 11) is 3.70. The molecule has 1 saturated heterocycles. The molecule has 1 aliphatic rings. The van der Waals surface area contributed by atoms with Crippen molar-refractivity contribution in [2.45, 2.75) is 52.0 Å². The van der Waals surface area contributed by atoms with Gasteiger partial charge >= 0.3 is 6.18 Å². The summed E-state index contributed by atoms with van der Waals surface area (Å²) in [5.74, 6) is 6.53. The average molecular weight is 515 g/mol. The maximum atomic E-state index is 13.5. The molecule has 0 amide bonds. The second-order valence-corrected chi connectivity index (χ2v) is 9.36. The van der Waals surface area contributed by atoms with Crippen molar-refractivity contribution in [3.63, 3.8) is 0 Å². The molecule has 1 aromatic carbocycles. The van der Waals surface area contributed by atoms with Crippen molar-refractivity contribution in [2.24, 2.45) is 0 Å². The normalized spacial score (nSPS) is 16.0. The maximum Gasteiger partial charge on any atom is 0.406 e. The van der Waals surface area contributed by atoms with Crippen LogP contribution >= 0.6 is 0 Å². The molecule has 1 aliphatic heterocycles. The Hall–Kier alpha value is -3.15. The van der Waals surface area contributed by atoms with Crippen molar-refractivity contribution in [1.82, 2.24) is 20.1 Å². The lowest BCUT2D eigenvalue weighted by Crippen LogP contribution is -2.40. The molecule has 0 saturated carbocycles. The van der Waals surface area contributed by atoms with E-state index < -0.39 is 12.7 Å². The minimum absolute atomic E-state index is 0.235. The number of fused-ring (bicyclic) bond motifs is 1. The summed E-state index contributed by atoms with van der Waals surface area (Å²) in [5, 5.41) is 7.53. The van der Waals surface area contributed by atoms with Crippen LogP contribution in [0.15, 0.2) is 54.5 Å². The van der Waals surface area contributed by atoms with Gasteiger partial charge in [0.25, 0.3) is 0 Å². The van der Waals surface area contributed by atoms with Crippen molar-refractivity contribution in [3.8, 4) is 11.8 Å². The minimum atomic E-state index is -4.36. The van der Waals surface area contributed by atoms with Gasteiger partial charge in [0.1, 0.15) is 12.3 Å². The second-order valence-electron chi connectivity index (χ2n) is 9.36. The first-order chi connectivity index (χ1) is 17.6. The number of rotatable bonds is 9. The van der Waals surface area contributed by atoms with E-state index in [-0.39, 0.29) is 6.54 Å². The van der Waals surface area contributed by atoms with E-state index >= 15 is 0 Å². The Morgan fingerprint density at radius 1 is 1.24 bits per heavy atom. The zero-order chi connectivity index (χ0) is 27.0. The number of aromatic nitrogens is 1. The van der Waals surface area contributed by atoms with E-state index in [1.165, 1.54) is 4.57 Å². The lowest BCUT2D eigenvalue weighted by Gasteiger charge is -2.29. The van der Waals surface area contributed by atoms with Crippen molar-refractivity contribution in [2.75, 3.05) is 33.8 Å². The Bertz CT molecular complexity index is 1210. The summed E-state index contributed by atoms with van der Waals surface area (Å²) in [6.45, 7) is 9.47. The average Bonchev–Trinajstić information content (AvgIpc) is 3.16. The molecule has 0 aliphatic carbocycles. The fraction of sp³-hybridized carbons (Fsp3) is 0.448. The maximum absolute atomic E-state index is 13.5. The molecule has 0 bridgehead atoms. The molecule has 0 radical (unpaired) electrons. The van der Waals surface area contributed by atoms with Gasteiger partial charge in [-0.05, 0) is 94.2 Å². The van der Waals surface area contributed by atoms with Crippen LogP contribution in [0.2, 0.25) is 0 Å². The van der Waals surface area contributed by atoms with Crippen LogP contribution in [-0.4, -0.2) is 55.5 Å². The highest BCUT2D eigenvalue weighted by atomic mass is 19.4. The number of nitrogens with zero attached hydrogens (tertiary/aromatic N) is 2. The first kappa shape index (κ1) is 28.4. The molecular formula is C29H37F3N4O. The highest BCUT2D eigenvalue weighted by molar-refractivity contribution is 5.84. The molecule has 8 heteroatoms. The quantitative estimate of drug-likeness (QED) is 0.272. The number of methoxy groups -OCH3 is 1. The number of hydrogen-bond donors (Lipinski definition) is 2. The van der Waals surface area contributed by atoms with Crippen LogP contribution in [0.3, 0.4) is 0 Å². The fourth-order valence-corrected chi connectivity index (χ4v) is 4.58. The van der Waals surface area contributed by atoms with Crippen LogP contribution in [0.1, 0.15) is 36.6 Å². The van der Waals surface area contributed by atoms with E-state index in [0.717, 1.165) is 42.4 Å². The van der Waals surface area contributed by atoms with Crippen LogP contribution < -0.4 is 10.6 Å². The van der Waals surface area contributed by atoms with E-state index in [1.807, 2.05) is 26.0 Å². The second kappa shape index (κ2) is 12.9. The predicted octanol–water partition coefficient (Wildman–Crippen LogP) is 5.26. The number of nitrogens with one attached hydrogen (secondary N) is 2. The Kier molecular flexibility index (Phi) is 9.90.